The molecule has 1 aromatic heterocycles. The van der Waals surface area contributed by atoms with Crippen molar-refractivity contribution in [2.24, 2.45) is 0 Å². The van der Waals surface area contributed by atoms with Gasteiger partial charge in [0.25, 0.3) is 0 Å². The van der Waals surface area contributed by atoms with Crippen LogP contribution in [-0.4, -0.2) is 38.3 Å². The third-order valence-corrected chi connectivity index (χ3v) is 5.51. The molecule has 3 rings (SSSR count). The minimum Gasteiger partial charge on any atom is -0.456 e. The summed E-state index contributed by atoms with van der Waals surface area (Å²) in [4.78, 5) is 27.5. The molecule has 0 fully saturated rings. The smallest absolute Gasteiger partial charge is 0.321 e. The van der Waals surface area contributed by atoms with Gasteiger partial charge in [-0.05, 0) is 31.6 Å². The van der Waals surface area contributed by atoms with Gasteiger partial charge in [0.05, 0.1) is 0 Å². The highest BCUT2D eigenvalue weighted by Crippen LogP contribution is 2.22. The highest BCUT2D eigenvalue weighted by molar-refractivity contribution is 7.92. The molecule has 0 aliphatic rings. The number of hydrogen-bond donors (Lipinski definition) is 2. The van der Waals surface area contributed by atoms with E-state index >= 15 is 0 Å². The fraction of sp³-hybridized carbons (Fsp3) is 0.182. The molecule has 1 heterocycles. The molecule has 0 saturated carbocycles. The number of para-hydroxylation sites is 1. The lowest BCUT2D eigenvalue weighted by molar-refractivity contribution is -0.141. The third kappa shape index (κ3) is 5.43. The van der Waals surface area contributed by atoms with Crippen LogP contribution in [0.3, 0.4) is 0 Å². The van der Waals surface area contributed by atoms with Crippen LogP contribution in [0.4, 0.5) is 0 Å². The fourth-order valence-corrected chi connectivity index (χ4v) is 3.71. The summed E-state index contributed by atoms with van der Waals surface area (Å²) in [5.74, 6) is -1.20. The fourth-order valence-electron chi connectivity index (χ4n) is 2.96. The molecular formula is C22H22N2O5S. The molecule has 0 saturated heterocycles. The lowest BCUT2D eigenvalue weighted by Crippen LogP contribution is -2.30. The Bertz CT molecular complexity index is 1210. The van der Waals surface area contributed by atoms with Gasteiger partial charge in [-0.25, -0.2) is 13.1 Å². The molecule has 0 atom stereocenters. The van der Waals surface area contributed by atoms with E-state index in [0.717, 1.165) is 21.9 Å². The normalized spacial score (nSPS) is 11.8. The van der Waals surface area contributed by atoms with Crippen molar-refractivity contribution >= 4 is 38.8 Å². The number of H-pyrrole nitrogens is 1. The van der Waals surface area contributed by atoms with Crippen molar-refractivity contribution in [2.75, 3.05) is 13.2 Å². The Kier molecular flexibility index (Phi) is 6.49. The van der Waals surface area contributed by atoms with E-state index in [2.05, 4.69) is 9.71 Å². The zero-order valence-corrected chi connectivity index (χ0v) is 17.5. The van der Waals surface area contributed by atoms with Crippen molar-refractivity contribution in [3.8, 4) is 0 Å². The highest BCUT2D eigenvalue weighted by atomic mass is 32.2. The number of Topliss-reactive ketones (excluding diaryl/α,β-unsaturated/α-hetero) is 1. The maximum atomic E-state index is 12.5. The second kappa shape index (κ2) is 9.06. The predicted octanol–water partition coefficient (Wildman–Crippen LogP) is 3.10. The lowest BCUT2D eigenvalue weighted by atomic mass is 10.1. The van der Waals surface area contributed by atoms with Crippen molar-refractivity contribution in [3.63, 3.8) is 0 Å². The Morgan fingerprint density at radius 2 is 1.77 bits per heavy atom. The number of sulfonamides is 1. The first-order chi connectivity index (χ1) is 14.2. The van der Waals surface area contributed by atoms with Gasteiger partial charge in [0.15, 0.2) is 6.61 Å². The molecule has 0 aliphatic carbocycles. The number of aromatic amines is 1. The van der Waals surface area contributed by atoms with E-state index in [0.29, 0.717) is 16.8 Å². The van der Waals surface area contributed by atoms with Crippen molar-refractivity contribution in [1.29, 1.82) is 0 Å². The van der Waals surface area contributed by atoms with Gasteiger partial charge < -0.3 is 9.72 Å². The zero-order valence-electron chi connectivity index (χ0n) is 16.6. The van der Waals surface area contributed by atoms with Crippen LogP contribution in [-0.2, 0) is 19.6 Å². The van der Waals surface area contributed by atoms with Gasteiger partial charge in [-0.3, -0.25) is 9.59 Å². The molecule has 2 N–H and O–H groups in total. The van der Waals surface area contributed by atoms with Crippen molar-refractivity contribution < 1.29 is 22.7 Å². The van der Waals surface area contributed by atoms with E-state index in [1.54, 1.807) is 19.1 Å². The number of rotatable bonds is 8. The molecule has 30 heavy (non-hydrogen) atoms. The van der Waals surface area contributed by atoms with Gasteiger partial charge >= 0.3 is 5.97 Å². The third-order valence-electron chi connectivity index (χ3n) is 4.47. The van der Waals surface area contributed by atoms with Gasteiger partial charge in [0, 0.05) is 27.6 Å². The Balaban J connectivity index is 1.53. The second-order valence-electron chi connectivity index (χ2n) is 6.83. The predicted molar refractivity (Wildman–Crippen MR) is 115 cm³/mol. The van der Waals surface area contributed by atoms with Gasteiger partial charge in [-0.15, -0.1) is 0 Å². The van der Waals surface area contributed by atoms with Gasteiger partial charge in [-0.2, -0.15) is 0 Å². The van der Waals surface area contributed by atoms with Crippen molar-refractivity contribution in [3.05, 3.63) is 76.3 Å². The molecule has 0 amide bonds. The summed E-state index contributed by atoms with van der Waals surface area (Å²) in [6.45, 7) is 2.66. The number of aromatic nitrogens is 1. The number of ether oxygens (including phenoxy) is 1. The average molecular weight is 426 g/mol. The molecule has 0 spiro atoms. The zero-order chi connectivity index (χ0) is 21.7. The van der Waals surface area contributed by atoms with Crippen LogP contribution in [0.2, 0.25) is 0 Å². The first-order valence-corrected chi connectivity index (χ1v) is 10.8. The number of carbonyl (C=O) groups excluding carboxylic acids is 2. The quantitative estimate of drug-likeness (QED) is 0.425. The van der Waals surface area contributed by atoms with E-state index in [-0.39, 0.29) is 5.78 Å². The summed E-state index contributed by atoms with van der Waals surface area (Å²) in [5, 5.41) is 1.73. The molecule has 0 bridgehead atoms. The number of aryl methyl sites for hydroxylation is 2. The summed E-state index contributed by atoms with van der Waals surface area (Å²) in [6.07, 6.45) is 1.43. The number of ketones is 1. The molecular weight excluding hydrogens is 404 g/mol. The number of nitrogens with one attached hydrogen (secondary N) is 2. The molecule has 8 heteroatoms. The van der Waals surface area contributed by atoms with E-state index in [9.17, 15) is 18.0 Å². The van der Waals surface area contributed by atoms with Gasteiger partial charge in [0.2, 0.25) is 15.8 Å². The Morgan fingerprint density at radius 3 is 2.50 bits per heavy atom. The Hall–Kier alpha value is -3.23. The first kappa shape index (κ1) is 21.5. The molecule has 0 unspecified atom stereocenters. The van der Waals surface area contributed by atoms with E-state index < -0.39 is 29.1 Å². The van der Waals surface area contributed by atoms with Gasteiger partial charge in [-0.1, -0.05) is 48.0 Å². The average Bonchev–Trinajstić information content (AvgIpc) is 3.06. The van der Waals surface area contributed by atoms with Gasteiger partial charge in [0.1, 0.15) is 6.54 Å². The Morgan fingerprint density at radius 1 is 1.07 bits per heavy atom. The van der Waals surface area contributed by atoms with E-state index in [4.69, 9.17) is 4.74 Å². The monoisotopic (exact) mass is 426 g/mol. The molecule has 0 radical (unpaired) electrons. The first-order valence-electron chi connectivity index (χ1n) is 9.26. The van der Waals surface area contributed by atoms with Crippen LogP contribution in [0.1, 0.15) is 27.2 Å². The number of carbonyl (C=O) groups is 2. The summed E-state index contributed by atoms with van der Waals surface area (Å²) in [5.41, 5.74) is 3.73. The molecule has 2 aromatic carbocycles. The van der Waals surface area contributed by atoms with Crippen LogP contribution in [0, 0.1) is 13.8 Å². The van der Waals surface area contributed by atoms with Crippen LogP contribution in [0.25, 0.3) is 17.0 Å². The standard InChI is InChI=1S/C22H22N2O5S/c1-15-7-9-17(10-8-15)11-12-30(27,28)23-13-21(26)29-14-20(25)22-16(2)24-19-6-4-3-5-18(19)22/h3-12,23-24H,13-14H2,1-2H3/b12-11+. The number of fused-ring (bicyclic) bond motifs is 1. The Labute approximate surface area is 174 Å². The minimum absolute atomic E-state index is 0.361. The maximum Gasteiger partial charge on any atom is 0.321 e. The maximum absolute atomic E-state index is 12.5. The number of benzene rings is 2. The summed E-state index contributed by atoms with van der Waals surface area (Å²) in [7, 11) is -3.82. The second-order valence-corrected chi connectivity index (χ2v) is 8.48. The lowest BCUT2D eigenvalue weighted by Gasteiger charge is -2.05. The highest BCUT2D eigenvalue weighted by Gasteiger charge is 2.18. The SMILES string of the molecule is Cc1ccc(/C=C/S(=O)(=O)NCC(=O)OCC(=O)c2c(C)[nH]c3ccccc23)cc1. The number of esters is 1. The summed E-state index contributed by atoms with van der Waals surface area (Å²) >= 11 is 0. The largest absolute Gasteiger partial charge is 0.456 e. The van der Waals surface area contributed by atoms with E-state index in [1.165, 1.54) is 6.08 Å². The minimum atomic E-state index is -3.82. The molecule has 7 nitrogen and oxygen atoms in total. The topological polar surface area (TPSA) is 105 Å². The summed E-state index contributed by atoms with van der Waals surface area (Å²) in [6, 6.07) is 14.6. The molecule has 0 aliphatic heterocycles. The molecule has 3 aromatic rings. The van der Waals surface area contributed by atoms with Crippen molar-refractivity contribution in [2.45, 2.75) is 13.8 Å². The summed E-state index contributed by atoms with van der Waals surface area (Å²) < 4.78 is 31.1. The van der Waals surface area contributed by atoms with Crippen LogP contribution < -0.4 is 4.72 Å². The van der Waals surface area contributed by atoms with Crippen LogP contribution >= 0.6 is 0 Å². The molecule has 156 valence electrons. The van der Waals surface area contributed by atoms with Crippen LogP contribution in [0.15, 0.2) is 53.9 Å². The van der Waals surface area contributed by atoms with E-state index in [1.807, 2.05) is 43.3 Å². The van der Waals surface area contributed by atoms with Crippen molar-refractivity contribution in [1.82, 2.24) is 9.71 Å². The number of hydrogen-bond acceptors (Lipinski definition) is 5. The van der Waals surface area contributed by atoms with Crippen LogP contribution in [0.5, 0.6) is 0 Å².